The Morgan fingerprint density at radius 3 is 2.57 bits per heavy atom. The molecule has 1 heterocycles. The number of hydrazone groups is 1. The van der Waals surface area contributed by atoms with Crippen LogP contribution in [0.5, 0.6) is 11.5 Å². The Hall–Kier alpha value is -4.90. The normalized spacial score (nSPS) is 10.7. The highest BCUT2D eigenvalue weighted by molar-refractivity contribution is 5.85. The molecule has 0 fully saturated rings. The highest BCUT2D eigenvalue weighted by atomic mass is 16.5. The van der Waals surface area contributed by atoms with Gasteiger partial charge in [-0.2, -0.15) is 10.4 Å². The van der Waals surface area contributed by atoms with Crippen molar-refractivity contribution in [2.24, 2.45) is 5.10 Å². The van der Waals surface area contributed by atoms with Crippen LogP contribution in [0.4, 0.5) is 5.95 Å². The van der Waals surface area contributed by atoms with Gasteiger partial charge in [-0.1, -0.05) is 66.2 Å². The molecule has 35 heavy (non-hydrogen) atoms. The smallest absolute Gasteiger partial charge is 0.270 e. The molecular weight excluding hydrogens is 442 g/mol. The van der Waals surface area contributed by atoms with Crippen LogP contribution in [0.2, 0.25) is 0 Å². The number of rotatable bonds is 8. The summed E-state index contributed by atoms with van der Waals surface area (Å²) in [5, 5.41) is 13.6. The molecule has 1 aromatic heterocycles. The van der Waals surface area contributed by atoms with Crippen LogP contribution in [0.1, 0.15) is 22.3 Å². The van der Waals surface area contributed by atoms with E-state index in [1.165, 1.54) is 5.56 Å². The molecule has 4 aromatic rings. The van der Waals surface area contributed by atoms with Crippen molar-refractivity contribution in [1.82, 2.24) is 9.97 Å². The molecule has 0 aliphatic heterocycles. The van der Waals surface area contributed by atoms with Gasteiger partial charge in [0.05, 0.1) is 19.0 Å². The minimum Gasteiger partial charge on any atom is -0.493 e. The first-order valence-corrected chi connectivity index (χ1v) is 10.8. The maximum atomic E-state index is 12.4. The van der Waals surface area contributed by atoms with Crippen molar-refractivity contribution in [2.45, 2.75) is 13.5 Å². The summed E-state index contributed by atoms with van der Waals surface area (Å²) in [6, 6.07) is 24.5. The quantitative estimate of drug-likeness (QED) is 0.289. The zero-order chi connectivity index (χ0) is 24.6. The summed E-state index contributed by atoms with van der Waals surface area (Å²) < 4.78 is 11.5. The number of nitriles is 1. The van der Waals surface area contributed by atoms with Crippen molar-refractivity contribution in [3.63, 3.8) is 0 Å². The van der Waals surface area contributed by atoms with Gasteiger partial charge in [-0.05, 0) is 24.6 Å². The number of aryl methyl sites for hydroxylation is 1. The summed E-state index contributed by atoms with van der Waals surface area (Å²) >= 11 is 0. The first kappa shape index (κ1) is 23.3. The molecule has 8 heteroatoms. The third-order valence-electron chi connectivity index (χ3n) is 5.19. The summed E-state index contributed by atoms with van der Waals surface area (Å²) in [6.07, 6.45) is 1.55. The molecular formula is C27H23N5O3. The molecule has 174 valence electrons. The highest BCUT2D eigenvalue weighted by Crippen LogP contribution is 2.31. The number of hydrogen-bond acceptors (Lipinski definition) is 7. The molecule has 3 aromatic carbocycles. The number of aromatic amines is 1. The summed E-state index contributed by atoms with van der Waals surface area (Å²) in [6.45, 7) is 2.39. The van der Waals surface area contributed by atoms with Crippen LogP contribution in [0, 0.1) is 18.3 Å². The van der Waals surface area contributed by atoms with E-state index in [2.05, 4.69) is 20.5 Å². The monoisotopic (exact) mass is 465 g/mol. The maximum Gasteiger partial charge on any atom is 0.270 e. The average molecular weight is 466 g/mol. The van der Waals surface area contributed by atoms with E-state index in [0.717, 1.165) is 5.56 Å². The Balaban J connectivity index is 1.58. The number of anilines is 1. The van der Waals surface area contributed by atoms with E-state index >= 15 is 0 Å². The predicted molar refractivity (Wildman–Crippen MR) is 135 cm³/mol. The molecule has 8 nitrogen and oxygen atoms in total. The fraction of sp³-hybridized carbons (Fsp3) is 0.111. The molecule has 2 N–H and O–H groups in total. The Morgan fingerprint density at radius 2 is 1.86 bits per heavy atom. The van der Waals surface area contributed by atoms with Crippen LogP contribution in [0.3, 0.4) is 0 Å². The van der Waals surface area contributed by atoms with E-state index in [1.54, 1.807) is 31.5 Å². The largest absolute Gasteiger partial charge is 0.493 e. The van der Waals surface area contributed by atoms with E-state index in [9.17, 15) is 10.1 Å². The van der Waals surface area contributed by atoms with Crippen LogP contribution in [0.15, 0.2) is 82.7 Å². The Morgan fingerprint density at radius 1 is 1.09 bits per heavy atom. The zero-order valence-corrected chi connectivity index (χ0v) is 19.3. The summed E-state index contributed by atoms with van der Waals surface area (Å²) in [4.78, 5) is 19.4. The third kappa shape index (κ3) is 5.54. The van der Waals surface area contributed by atoms with E-state index in [0.29, 0.717) is 29.2 Å². The van der Waals surface area contributed by atoms with E-state index in [-0.39, 0.29) is 17.2 Å². The Kier molecular flexibility index (Phi) is 7.19. The lowest BCUT2D eigenvalue weighted by atomic mass is 10.1. The van der Waals surface area contributed by atoms with Crippen molar-refractivity contribution in [3.8, 4) is 28.8 Å². The van der Waals surface area contributed by atoms with Crippen LogP contribution >= 0.6 is 0 Å². The summed E-state index contributed by atoms with van der Waals surface area (Å²) in [5.74, 6) is 1.21. The van der Waals surface area contributed by atoms with Crippen molar-refractivity contribution in [1.29, 1.82) is 5.26 Å². The molecule has 0 spiro atoms. The number of methoxy groups -OCH3 is 1. The van der Waals surface area contributed by atoms with Gasteiger partial charge in [0.1, 0.15) is 18.2 Å². The molecule has 0 saturated carbocycles. The second-order valence-corrected chi connectivity index (χ2v) is 7.64. The van der Waals surface area contributed by atoms with Crippen LogP contribution in [0.25, 0.3) is 11.3 Å². The lowest BCUT2D eigenvalue weighted by Crippen LogP contribution is -2.16. The first-order valence-electron chi connectivity index (χ1n) is 10.8. The first-order chi connectivity index (χ1) is 17.1. The van der Waals surface area contributed by atoms with Gasteiger partial charge in [-0.15, -0.1) is 0 Å². The lowest BCUT2D eigenvalue weighted by molar-refractivity contribution is 0.284. The van der Waals surface area contributed by atoms with Crippen LogP contribution in [-0.4, -0.2) is 23.3 Å². The number of nitrogens with one attached hydrogen (secondary N) is 2. The average Bonchev–Trinajstić information content (AvgIpc) is 2.89. The standard InChI is InChI=1S/C27H23N5O3/c1-18-11-13-19(14-12-18)17-35-25-21(9-6-10-23(25)34-2)16-29-32-27-30-24(20-7-4-3-5-8-20)22(15-28)26(33)31-27/h3-14,16H,17H2,1-2H3,(H2,30,31,32,33). The number of benzene rings is 3. The van der Waals surface area contributed by atoms with E-state index < -0.39 is 5.56 Å². The fourth-order valence-electron chi connectivity index (χ4n) is 3.39. The third-order valence-corrected chi connectivity index (χ3v) is 5.19. The number of para-hydroxylation sites is 1. The van der Waals surface area contributed by atoms with Gasteiger partial charge in [0, 0.05) is 11.1 Å². The van der Waals surface area contributed by atoms with Gasteiger partial charge >= 0.3 is 0 Å². The zero-order valence-electron chi connectivity index (χ0n) is 19.3. The number of H-pyrrole nitrogens is 1. The van der Waals surface area contributed by atoms with Gasteiger partial charge < -0.3 is 9.47 Å². The van der Waals surface area contributed by atoms with Gasteiger partial charge in [0.2, 0.25) is 5.95 Å². The van der Waals surface area contributed by atoms with E-state index in [1.807, 2.05) is 67.6 Å². The van der Waals surface area contributed by atoms with Crippen molar-refractivity contribution in [3.05, 3.63) is 105 Å². The highest BCUT2D eigenvalue weighted by Gasteiger charge is 2.13. The fourth-order valence-corrected chi connectivity index (χ4v) is 3.39. The molecule has 0 amide bonds. The van der Waals surface area contributed by atoms with Crippen molar-refractivity contribution in [2.75, 3.05) is 12.5 Å². The second-order valence-electron chi connectivity index (χ2n) is 7.64. The minimum absolute atomic E-state index is 0.0645. The number of hydrogen-bond donors (Lipinski definition) is 2. The SMILES string of the molecule is COc1cccc(C=NNc2nc(-c3ccccc3)c(C#N)c(=O)[nH]2)c1OCc1ccc(C)cc1. The lowest BCUT2D eigenvalue weighted by Gasteiger charge is -2.13. The number of ether oxygens (including phenoxy) is 2. The molecule has 0 unspecified atom stereocenters. The molecule has 0 aliphatic rings. The molecule has 4 rings (SSSR count). The maximum absolute atomic E-state index is 12.4. The second kappa shape index (κ2) is 10.8. The van der Waals surface area contributed by atoms with Crippen LogP contribution in [-0.2, 0) is 6.61 Å². The number of nitrogens with zero attached hydrogens (tertiary/aromatic N) is 3. The minimum atomic E-state index is -0.553. The summed E-state index contributed by atoms with van der Waals surface area (Å²) in [5.41, 5.74) is 5.92. The van der Waals surface area contributed by atoms with Gasteiger partial charge in [-0.25, -0.2) is 10.4 Å². The van der Waals surface area contributed by atoms with Gasteiger partial charge in [0.25, 0.3) is 5.56 Å². The van der Waals surface area contributed by atoms with Crippen molar-refractivity contribution < 1.29 is 9.47 Å². The van der Waals surface area contributed by atoms with Crippen LogP contribution < -0.4 is 20.5 Å². The summed E-state index contributed by atoms with van der Waals surface area (Å²) in [7, 11) is 1.57. The van der Waals surface area contributed by atoms with E-state index in [4.69, 9.17) is 9.47 Å². The number of aromatic nitrogens is 2. The molecule has 0 aliphatic carbocycles. The molecule has 0 bridgehead atoms. The molecule has 0 saturated heterocycles. The molecule has 0 atom stereocenters. The van der Waals surface area contributed by atoms with Gasteiger partial charge in [-0.3, -0.25) is 9.78 Å². The Bertz CT molecular complexity index is 1440. The molecule has 0 radical (unpaired) electrons. The predicted octanol–water partition coefficient (Wildman–Crippen LogP) is 4.65. The van der Waals surface area contributed by atoms with Gasteiger partial charge in [0.15, 0.2) is 11.5 Å². The Labute approximate surface area is 202 Å². The van der Waals surface area contributed by atoms with Crippen molar-refractivity contribution >= 4 is 12.2 Å². The topological polar surface area (TPSA) is 112 Å².